The summed E-state index contributed by atoms with van der Waals surface area (Å²) in [5, 5.41) is 23.5. The average molecular weight is 494 g/mol. The van der Waals surface area contributed by atoms with Crippen LogP contribution in [0.5, 0.6) is 11.5 Å². The molecule has 0 aromatic heterocycles. The van der Waals surface area contributed by atoms with Crippen LogP contribution in [0.25, 0.3) is 0 Å². The van der Waals surface area contributed by atoms with Gasteiger partial charge in [0.05, 0.1) is 25.9 Å². The standard InChI is InChI=1S/C29H35NO6/c1-21(30-18-28(33)25-10-13-29(36-22(2)32)26(17-25)19-31)16-23-8-11-27(12-9-23)35-15-14-34-20-24-6-4-3-5-7-24/h3-13,17,21,28,30-31,33H,14-16,18-20H2,1-2H3/t21-,28+/m1/s1. The van der Waals surface area contributed by atoms with Gasteiger partial charge in [-0.1, -0.05) is 48.5 Å². The number of carbonyl (C=O) groups is 1. The Balaban J connectivity index is 1.38. The lowest BCUT2D eigenvalue weighted by atomic mass is 10.0. The van der Waals surface area contributed by atoms with Gasteiger partial charge in [-0.15, -0.1) is 0 Å². The summed E-state index contributed by atoms with van der Waals surface area (Å²) in [6.07, 6.45) is 0.0320. The summed E-state index contributed by atoms with van der Waals surface area (Å²) in [6.45, 7) is 5.01. The summed E-state index contributed by atoms with van der Waals surface area (Å²) in [6, 6.07) is 23.1. The maximum absolute atomic E-state index is 11.2. The van der Waals surface area contributed by atoms with Crippen molar-refractivity contribution in [3.8, 4) is 11.5 Å². The normalized spacial score (nSPS) is 12.7. The van der Waals surface area contributed by atoms with E-state index in [1.165, 1.54) is 6.92 Å². The fourth-order valence-electron chi connectivity index (χ4n) is 3.75. The second kappa shape index (κ2) is 14.4. The molecule has 0 heterocycles. The van der Waals surface area contributed by atoms with Crippen LogP contribution in [-0.4, -0.2) is 42.0 Å². The largest absolute Gasteiger partial charge is 0.491 e. The van der Waals surface area contributed by atoms with Gasteiger partial charge in [0, 0.05) is 25.1 Å². The molecule has 7 nitrogen and oxygen atoms in total. The molecule has 0 unspecified atom stereocenters. The van der Waals surface area contributed by atoms with Crippen molar-refractivity contribution >= 4 is 5.97 Å². The fourth-order valence-corrected chi connectivity index (χ4v) is 3.75. The van der Waals surface area contributed by atoms with Crippen molar-refractivity contribution in [2.24, 2.45) is 0 Å². The van der Waals surface area contributed by atoms with E-state index in [1.54, 1.807) is 18.2 Å². The molecule has 0 aliphatic carbocycles. The smallest absolute Gasteiger partial charge is 0.308 e. The molecule has 0 spiro atoms. The third-order valence-electron chi connectivity index (χ3n) is 5.63. The van der Waals surface area contributed by atoms with Crippen molar-refractivity contribution in [1.29, 1.82) is 0 Å². The van der Waals surface area contributed by atoms with Crippen molar-refractivity contribution < 1.29 is 29.2 Å². The number of nitrogens with one attached hydrogen (secondary N) is 1. The molecule has 0 saturated heterocycles. The Morgan fingerprint density at radius 1 is 0.972 bits per heavy atom. The van der Waals surface area contributed by atoms with E-state index >= 15 is 0 Å². The zero-order valence-corrected chi connectivity index (χ0v) is 20.9. The molecular weight excluding hydrogens is 458 g/mol. The molecule has 3 rings (SSSR count). The summed E-state index contributed by atoms with van der Waals surface area (Å²) < 4.78 is 16.5. The first kappa shape index (κ1) is 27.4. The number of aliphatic hydroxyl groups excluding tert-OH is 2. The first-order valence-electron chi connectivity index (χ1n) is 12.1. The van der Waals surface area contributed by atoms with Crippen LogP contribution in [0.3, 0.4) is 0 Å². The monoisotopic (exact) mass is 493 g/mol. The van der Waals surface area contributed by atoms with Gasteiger partial charge in [0.15, 0.2) is 0 Å². The van der Waals surface area contributed by atoms with Gasteiger partial charge in [0.25, 0.3) is 0 Å². The van der Waals surface area contributed by atoms with Gasteiger partial charge in [-0.05, 0) is 54.3 Å². The molecule has 3 aromatic rings. The van der Waals surface area contributed by atoms with E-state index in [1.807, 2.05) is 54.6 Å². The molecule has 0 amide bonds. The van der Waals surface area contributed by atoms with E-state index in [9.17, 15) is 15.0 Å². The maximum atomic E-state index is 11.2. The highest BCUT2D eigenvalue weighted by atomic mass is 16.5. The Kier molecular flexibility index (Phi) is 10.9. The van der Waals surface area contributed by atoms with Crippen molar-refractivity contribution in [3.05, 3.63) is 95.1 Å². The molecular formula is C29H35NO6. The van der Waals surface area contributed by atoms with Crippen molar-refractivity contribution in [2.45, 2.75) is 45.6 Å². The summed E-state index contributed by atoms with van der Waals surface area (Å²) in [5.74, 6) is 0.644. The van der Waals surface area contributed by atoms with Gasteiger partial charge in [0.2, 0.25) is 0 Å². The van der Waals surface area contributed by atoms with Gasteiger partial charge in [0.1, 0.15) is 18.1 Å². The van der Waals surface area contributed by atoms with E-state index < -0.39 is 12.1 Å². The second-order valence-corrected chi connectivity index (χ2v) is 8.68. The number of esters is 1. The predicted molar refractivity (Wildman–Crippen MR) is 138 cm³/mol. The second-order valence-electron chi connectivity index (χ2n) is 8.68. The van der Waals surface area contributed by atoms with Crippen LogP contribution >= 0.6 is 0 Å². The molecule has 0 fully saturated rings. The van der Waals surface area contributed by atoms with E-state index in [4.69, 9.17) is 14.2 Å². The number of hydrogen-bond acceptors (Lipinski definition) is 7. The lowest BCUT2D eigenvalue weighted by molar-refractivity contribution is -0.131. The third kappa shape index (κ3) is 9.09. The van der Waals surface area contributed by atoms with Gasteiger partial charge in [-0.3, -0.25) is 4.79 Å². The first-order chi connectivity index (χ1) is 17.4. The number of hydrogen-bond donors (Lipinski definition) is 3. The van der Waals surface area contributed by atoms with Crippen molar-refractivity contribution in [1.82, 2.24) is 5.32 Å². The number of ether oxygens (including phenoxy) is 3. The summed E-state index contributed by atoms with van der Waals surface area (Å²) in [4.78, 5) is 11.2. The summed E-state index contributed by atoms with van der Waals surface area (Å²) >= 11 is 0. The van der Waals surface area contributed by atoms with E-state index in [0.717, 1.165) is 23.3 Å². The lowest BCUT2D eigenvalue weighted by Gasteiger charge is -2.19. The molecule has 0 aliphatic rings. The molecule has 0 bridgehead atoms. The Hall–Kier alpha value is -3.23. The Bertz CT molecular complexity index is 1070. The molecule has 3 N–H and O–H groups in total. The quantitative estimate of drug-likeness (QED) is 0.178. The molecule has 0 aliphatic heterocycles. The van der Waals surface area contributed by atoms with Crippen LogP contribution in [0.2, 0.25) is 0 Å². The number of benzene rings is 3. The van der Waals surface area contributed by atoms with Gasteiger partial charge >= 0.3 is 5.97 Å². The molecule has 192 valence electrons. The minimum absolute atomic E-state index is 0.135. The zero-order valence-electron chi connectivity index (χ0n) is 20.9. The fraction of sp³-hybridized carbons (Fsp3) is 0.345. The van der Waals surface area contributed by atoms with Crippen LogP contribution < -0.4 is 14.8 Å². The molecule has 3 aromatic carbocycles. The first-order valence-corrected chi connectivity index (χ1v) is 12.1. The maximum Gasteiger partial charge on any atom is 0.308 e. The highest BCUT2D eigenvalue weighted by molar-refractivity contribution is 5.69. The zero-order chi connectivity index (χ0) is 25.8. The van der Waals surface area contributed by atoms with Crippen molar-refractivity contribution in [3.63, 3.8) is 0 Å². The predicted octanol–water partition coefficient (Wildman–Crippen LogP) is 3.95. The number of aliphatic hydroxyl groups is 2. The minimum Gasteiger partial charge on any atom is -0.491 e. The van der Waals surface area contributed by atoms with Gasteiger partial charge in [-0.25, -0.2) is 0 Å². The molecule has 7 heteroatoms. The summed E-state index contributed by atoms with van der Waals surface area (Å²) in [7, 11) is 0. The Labute approximate surface area is 212 Å². The number of carbonyl (C=O) groups excluding carboxylic acids is 1. The Morgan fingerprint density at radius 3 is 2.42 bits per heavy atom. The average Bonchev–Trinajstić information content (AvgIpc) is 2.88. The lowest BCUT2D eigenvalue weighted by Crippen LogP contribution is -2.32. The third-order valence-corrected chi connectivity index (χ3v) is 5.63. The van der Waals surface area contributed by atoms with E-state index in [-0.39, 0.29) is 12.6 Å². The summed E-state index contributed by atoms with van der Waals surface area (Å²) in [5.41, 5.74) is 3.40. The van der Waals surface area contributed by atoms with Gasteiger partial charge < -0.3 is 29.7 Å². The number of rotatable bonds is 14. The Morgan fingerprint density at radius 2 is 1.72 bits per heavy atom. The molecule has 0 saturated carbocycles. The highest BCUT2D eigenvalue weighted by Crippen LogP contribution is 2.24. The molecule has 0 radical (unpaired) electrons. The van der Waals surface area contributed by atoms with Crippen LogP contribution in [-0.2, 0) is 29.2 Å². The topological polar surface area (TPSA) is 97.3 Å². The van der Waals surface area contributed by atoms with Gasteiger partial charge in [-0.2, -0.15) is 0 Å². The van der Waals surface area contributed by atoms with Crippen LogP contribution in [0.15, 0.2) is 72.8 Å². The highest BCUT2D eigenvalue weighted by Gasteiger charge is 2.14. The molecule has 36 heavy (non-hydrogen) atoms. The van der Waals surface area contributed by atoms with Crippen molar-refractivity contribution in [2.75, 3.05) is 19.8 Å². The van der Waals surface area contributed by atoms with E-state index in [0.29, 0.717) is 43.2 Å². The molecule has 2 atom stereocenters. The van der Waals surface area contributed by atoms with Crippen LogP contribution in [0.4, 0.5) is 0 Å². The van der Waals surface area contributed by atoms with Crippen LogP contribution in [0.1, 0.15) is 42.2 Å². The minimum atomic E-state index is -0.760. The van der Waals surface area contributed by atoms with E-state index in [2.05, 4.69) is 12.2 Å². The SMILES string of the molecule is CC(=O)Oc1ccc([C@@H](O)CN[C@H](C)Cc2ccc(OCCOCc3ccccc3)cc2)cc1CO. The van der Waals surface area contributed by atoms with Crippen LogP contribution in [0, 0.1) is 0 Å².